The fraction of sp³-hybridized carbons (Fsp3) is 0. The van der Waals surface area contributed by atoms with Crippen molar-refractivity contribution in [2.24, 2.45) is 0 Å². The standard InChI is InChI=1S/C26H15ClO/c27-18-12-9-16(10-13-18)17-11-14-20-19-5-1-2-6-21(19)26-25(23(20)15-17)22-7-3-4-8-24(22)28-26/h1-15H. The van der Waals surface area contributed by atoms with E-state index in [0.29, 0.717) is 0 Å². The van der Waals surface area contributed by atoms with Crippen molar-refractivity contribution >= 4 is 55.1 Å². The fourth-order valence-corrected chi connectivity index (χ4v) is 4.35. The maximum atomic E-state index is 6.32. The van der Waals surface area contributed by atoms with Crippen molar-refractivity contribution in [3.05, 3.63) is 96.0 Å². The lowest BCUT2D eigenvalue weighted by atomic mass is 9.94. The van der Waals surface area contributed by atoms with E-state index in [-0.39, 0.29) is 0 Å². The van der Waals surface area contributed by atoms with Crippen LogP contribution in [0.25, 0.3) is 54.6 Å². The summed E-state index contributed by atoms with van der Waals surface area (Å²) in [6.07, 6.45) is 0. The van der Waals surface area contributed by atoms with Gasteiger partial charge in [-0.3, -0.25) is 0 Å². The summed E-state index contributed by atoms with van der Waals surface area (Å²) in [5, 5.41) is 7.91. The van der Waals surface area contributed by atoms with Crippen LogP contribution in [0.5, 0.6) is 0 Å². The second-order valence-electron chi connectivity index (χ2n) is 7.12. The molecule has 0 aliphatic rings. The van der Waals surface area contributed by atoms with Crippen molar-refractivity contribution in [1.29, 1.82) is 0 Å². The Morgan fingerprint density at radius 2 is 1.18 bits per heavy atom. The van der Waals surface area contributed by atoms with Crippen LogP contribution in [0.3, 0.4) is 0 Å². The number of furan rings is 1. The third-order valence-electron chi connectivity index (χ3n) is 5.52. The van der Waals surface area contributed by atoms with Gasteiger partial charge in [-0.2, -0.15) is 0 Å². The summed E-state index contributed by atoms with van der Waals surface area (Å²) in [5.74, 6) is 0. The highest BCUT2D eigenvalue weighted by Gasteiger charge is 2.15. The quantitative estimate of drug-likeness (QED) is 0.263. The Labute approximate surface area is 166 Å². The summed E-state index contributed by atoms with van der Waals surface area (Å²) in [7, 11) is 0. The third kappa shape index (κ3) is 2.20. The molecule has 0 atom stereocenters. The number of para-hydroxylation sites is 1. The minimum absolute atomic E-state index is 0.749. The van der Waals surface area contributed by atoms with Crippen molar-refractivity contribution < 1.29 is 4.42 Å². The maximum absolute atomic E-state index is 6.32. The van der Waals surface area contributed by atoms with Gasteiger partial charge in [0.05, 0.1) is 0 Å². The van der Waals surface area contributed by atoms with E-state index in [1.165, 1.54) is 27.1 Å². The summed E-state index contributed by atoms with van der Waals surface area (Å²) in [6.45, 7) is 0. The lowest BCUT2D eigenvalue weighted by molar-refractivity contribution is 0.673. The molecule has 0 saturated carbocycles. The summed E-state index contributed by atoms with van der Waals surface area (Å²) in [4.78, 5) is 0. The van der Waals surface area contributed by atoms with Crippen LogP contribution in [0, 0.1) is 0 Å². The van der Waals surface area contributed by atoms with Gasteiger partial charge >= 0.3 is 0 Å². The maximum Gasteiger partial charge on any atom is 0.143 e. The van der Waals surface area contributed by atoms with E-state index in [9.17, 15) is 0 Å². The minimum Gasteiger partial charge on any atom is -0.455 e. The molecule has 0 aliphatic carbocycles. The van der Waals surface area contributed by atoms with Gasteiger partial charge in [0.1, 0.15) is 11.2 Å². The number of hydrogen-bond donors (Lipinski definition) is 0. The first-order chi connectivity index (χ1) is 13.8. The first-order valence-electron chi connectivity index (χ1n) is 9.31. The van der Waals surface area contributed by atoms with Gasteiger partial charge in [0.15, 0.2) is 0 Å². The highest BCUT2D eigenvalue weighted by molar-refractivity contribution is 6.31. The lowest BCUT2D eigenvalue weighted by Gasteiger charge is -2.09. The van der Waals surface area contributed by atoms with E-state index >= 15 is 0 Å². The van der Waals surface area contributed by atoms with E-state index < -0.39 is 0 Å². The smallest absolute Gasteiger partial charge is 0.143 e. The van der Waals surface area contributed by atoms with Crippen molar-refractivity contribution in [2.75, 3.05) is 0 Å². The molecule has 0 radical (unpaired) electrons. The van der Waals surface area contributed by atoms with Gasteiger partial charge < -0.3 is 4.42 Å². The number of fused-ring (bicyclic) bond motifs is 8. The van der Waals surface area contributed by atoms with E-state index in [1.54, 1.807) is 0 Å². The van der Waals surface area contributed by atoms with Crippen molar-refractivity contribution in [3.8, 4) is 11.1 Å². The van der Waals surface area contributed by atoms with Crippen LogP contribution in [0.15, 0.2) is 95.4 Å². The van der Waals surface area contributed by atoms with E-state index in [4.69, 9.17) is 16.0 Å². The second-order valence-corrected chi connectivity index (χ2v) is 7.55. The molecule has 0 fully saturated rings. The van der Waals surface area contributed by atoms with Gasteiger partial charge in [0, 0.05) is 21.2 Å². The Kier molecular flexibility index (Phi) is 3.29. The molecule has 6 rings (SSSR count). The van der Waals surface area contributed by atoms with Crippen molar-refractivity contribution in [3.63, 3.8) is 0 Å². The van der Waals surface area contributed by atoms with Gasteiger partial charge in [-0.05, 0) is 51.6 Å². The van der Waals surface area contributed by atoms with Crippen LogP contribution < -0.4 is 0 Å². The molecule has 28 heavy (non-hydrogen) atoms. The van der Waals surface area contributed by atoms with Gasteiger partial charge in [0.2, 0.25) is 0 Å². The van der Waals surface area contributed by atoms with E-state index in [1.807, 2.05) is 24.3 Å². The molecule has 132 valence electrons. The molecule has 0 spiro atoms. The number of benzene rings is 5. The van der Waals surface area contributed by atoms with Crippen LogP contribution in [0.4, 0.5) is 0 Å². The molecule has 1 nitrogen and oxygen atoms in total. The molecule has 0 amide bonds. The molecule has 0 unspecified atom stereocenters. The molecule has 0 bridgehead atoms. The Morgan fingerprint density at radius 1 is 0.536 bits per heavy atom. The number of rotatable bonds is 1. The Hall–Kier alpha value is -3.29. The molecule has 0 aliphatic heterocycles. The van der Waals surface area contributed by atoms with Gasteiger partial charge in [-0.25, -0.2) is 0 Å². The monoisotopic (exact) mass is 378 g/mol. The lowest BCUT2D eigenvalue weighted by Crippen LogP contribution is -1.83. The molecule has 0 N–H and O–H groups in total. The van der Waals surface area contributed by atoms with Gasteiger partial charge in [0.25, 0.3) is 0 Å². The molecule has 0 saturated heterocycles. The summed E-state index contributed by atoms with van der Waals surface area (Å²) >= 11 is 6.08. The second kappa shape index (κ2) is 5.85. The molecule has 5 aromatic carbocycles. The summed E-state index contributed by atoms with van der Waals surface area (Å²) in [6, 6.07) is 31.4. The molecular weight excluding hydrogens is 364 g/mol. The average molecular weight is 379 g/mol. The summed E-state index contributed by atoms with van der Waals surface area (Å²) < 4.78 is 6.32. The Balaban J connectivity index is 1.82. The van der Waals surface area contributed by atoms with Gasteiger partial charge in [-0.1, -0.05) is 78.3 Å². The average Bonchev–Trinajstić information content (AvgIpc) is 3.14. The third-order valence-corrected chi connectivity index (χ3v) is 5.78. The molecular formula is C26H15ClO. The molecule has 1 aromatic heterocycles. The van der Waals surface area contributed by atoms with Crippen molar-refractivity contribution in [2.45, 2.75) is 0 Å². The van der Waals surface area contributed by atoms with Crippen LogP contribution in [-0.4, -0.2) is 0 Å². The predicted molar refractivity (Wildman–Crippen MR) is 119 cm³/mol. The van der Waals surface area contributed by atoms with Gasteiger partial charge in [-0.15, -0.1) is 0 Å². The topological polar surface area (TPSA) is 13.1 Å². The highest BCUT2D eigenvalue weighted by Crippen LogP contribution is 2.41. The van der Waals surface area contributed by atoms with Crippen molar-refractivity contribution in [1.82, 2.24) is 0 Å². The minimum atomic E-state index is 0.749. The highest BCUT2D eigenvalue weighted by atomic mass is 35.5. The van der Waals surface area contributed by atoms with Crippen LogP contribution >= 0.6 is 11.6 Å². The van der Waals surface area contributed by atoms with Crippen LogP contribution in [-0.2, 0) is 0 Å². The fourth-order valence-electron chi connectivity index (χ4n) is 4.23. The predicted octanol–water partition coefficient (Wildman–Crippen LogP) is 8.21. The van der Waals surface area contributed by atoms with Crippen LogP contribution in [0.1, 0.15) is 0 Å². The summed E-state index contributed by atoms with van der Waals surface area (Å²) in [5.41, 5.74) is 4.20. The Bertz CT molecular complexity index is 1510. The van der Waals surface area contributed by atoms with E-state index in [0.717, 1.165) is 32.5 Å². The largest absolute Gasteiger partial charge is 0.455 e. The zero-order valence-corrected chi connectivity index (χ0v) is 15.7. The van der Waals surface area contributed by atoms with E-state index in [2.05, 4.69) is 66.7 Å². The van der Waals surface area contributed by atoms with Crippen LogP contribution in [0.2, 0.25) is 5.02 Å². The first kappa shape index (κ1) is 15.7. The first-order valence-corrected chi connectivity index (χ1v) is 9.69. The molecule has 2 heteroatoms. The number of hydrogen-bond acceptors (Lipinski definition) is 1. The zero-order chi connectivity index (χ0) is 18.7. The Morgan fingerprint density at radius 3 is 2.00 bits per heavy atom. The normalized spacial score (nSPS) is 11.8. The number of halogens is 1. The zero-order valence-electron chi connectivity index (χ0n) is 14.9. The SMILES string of the molecule is Clc1ccc(-c2ccc3c4ccccc4c4oc5ccccc5c4c3c2)cc1. The molecule has 1 heterocycles. The molecule has 6 aromatic rings.